The van der Waals surface area contributed by atoms with Crippen molar-refractivity contribution < 1.29 is 4.79 Å². The molecule has 0 N–H and O–H groups in total. The first kappa shape index (κ1) is 15.8. The Kier molecular flexibility index (Phi) is 4.63. The summed E-state index contributed by atoms with van der Waals surface area (Å²) in [6.07, 6.45) is 3.58. The standard InChI is InChI=1S/C19H23N3OS/c23-19(22-10-8-21(9-11-22)13-16-6-7-16)17-14-24-18(20-17)12-15-4-2-1-3-5-15/h1-5,14,16H,6-13H2. The average molecular weight is 341 g/mol. The van der Waals surface area contributed by atoms with E-state index in [1.807, 2.05) is 28.5 Å². The number of hydrogen-bond acceptors (Lipinski definition) is 4. The minimum atomic E-state index is 0.0941. The van der Waals surface area contributed by atoms with Crippen LogP contribution in [0, 0.1) is 5.92 Å². The molecule has 126 valence electrons. The summed E-state index contributed by atoms with van der Waals surface area (Å²) >= 11 is 1.58. The van der Waals surface area contributed by atoms with Gasteiger partial charge in [0.2, 0.25) is 0 Å². The first-order chi connectivity index (χ1) is 11.8. The summed E-state index contributed by atoms with van der Waals surface area (Å²) in [4.78, 5) is 21.7. The van der Waals surface area contributed by atoms with Crippen LogP contribution in [-0.4, -0.2) is 53.4 Å². The van der Waals surface area contributed by atoms with E-state index in [9.17, 15) is 4.79 Å². The third kappa shape index (κ3) is 3.84. The summed E-state index contributed by atoms with van der Waals surface area (Å²) in [5.41, 5.74) is 1.85. The number of carbonyl (C=O) groups is 1. The Labute approximate surface area is 147 Å². The fourth-order valence-electron chi connectivity index (χ4n) is 3.22. The van der Waals surface area contributed by atoms with Crippen LogP contribution in [0.25, 0.3) is 0 Å². The Morgan fingerprint density at radius 2 is 1.88 bits per heavy atom. The SMILES string of the molecule is O=C(c1csc(Cc2ccccc2)n1)N1CCN(CC2CC2)CC1. The lowest BCUT2D eigenvalue weighted by atomic mass is 10.2. The van der Waals surface area contributed by atoms with Crippen molar-refractivity contribution >= 4 is 17.2 Å². The molecule has 1 saturated carbocycles. The summed E-state index contributed by atoms with van der Waals surface area (Å²) < 4.78 is 0. The van der Waals surface area contributed by atoms with Crippen molar-refractivity contribution in [3.05, 3.63) is 52.0 Å². The zero-order chi connectivity index (χ0) is 16.4. The molecule has 1 aliphatic heterocycles. The number of rotatable bonds is 5. The minimum absolute atomic E-state index is 0.0941. The maximum Gasteiger partial charge on any atom is 0.273 e. The fourth-order valence-corrected chi connectivity index (χ4v) is 4.02. The van der Waals surface area contributed by atoms with Crippen LogP contribution in [0.3, 0.4) is 0 Å². The molecular weight excluding hydrogens is 318 g/mol. The van der Waals surface area contributed by atoms with Crippen LogP contribution in [0.1, 0.15) is 33.9 Å². The molecule has 0 bridgehead atoms. The van der Waals surface area contributed by atoms with Gasteiger partial charge in [0.25, 0.3) is 5.91 Å². The van der Waals surface area contributed by atoms with Crippen LogP contribution < -0.4 is 0 Å². The molecule has 0 radical (unpaired) electrons. The van der Waals surface area contributed by atoms with Gasteiger partial charge < -0.3 is 4.90 Å². The molecule has 1 aliphatic carbocycles. The van der Waals surface area contributed by atoms with Crippen LogP contribution in [0.2, 0.25) is 0 Å². The highest BCUT2D eigenvalue weighted by Crippen LogP contribution is 2.30. The third-order valence-electron chi connectivity index (χ3n) is 4.84. The Balaban J connectivity index is 1.33. The van der Waals surface area contributed by atoms with Crippen molar-refractivity contribution in [3.8, 4) is 0 Å². The van der Waals surface area contributed by atoms with E-state index in [-0.39, 0.29) is 5.91 Å². The van der Waals surface area contributed by atoms with Crippen LogP contribution in [0.5, 0.6) is 0 Å². The third-order valence-corrected chi connectivity index (χ3v) is 5.69. The molecule has 1 saturated heterocycles. The maximum absolute atomic E-state index is 12.7. The van der Waals surface area contributed by atoms with E-state index >= 15 is 0 Å². The number of aromatic nitrogens is 1. The second kappa shape index (κ2) is 7.03. The van der Waals surface area contributed by atoms with E-state index in [1.165, 1.54) is 24.9 Å². The molecule has 5 heteroatoms. The van der Waals surface area contributed by atoms with E-state index in [4.69, 9.17) is 0 Å². The molecule has 4 nitrogen and oxygen atoms in total. The van der Waals surface area contributed by atoms with Gasteiger partial charge in [-0.3, -0.25) is 9.69 Å². The van der Waals surface area contributed by atoms with Crippen molar-refractivity contribution in [1.29, 1.82) is 0 Å². The number of nitrogens with zero attached hydrogens (tertiary/aromatic N) is 3. The zero-order valence-corrected chi connectivity index (χ0v) is 14.7. The van der Waals surface area contributed by atoms with Crippen molar-refractivity contribution in [2.24, 2.45) is 5.92 Å². The molecular formula is C19H23N3OS. The lowest BCUT2D eigenvalue weighted by molar-refractivity contribution is 0.0627. The first-order valence-corrected chi connectivity index (χ1v) is 9.66. The number of hydrogen-bond donors (Lipinski definition) is 0. The summed E-state index contributed by atoms with van der Waals surface area (Å²) in [7, 11) is 0. The summed E-state index contributed by atoms with van der Waals surface area (Å²) in [6, 6.07) is 10.3. The zero-order valence-electron chi connectivity index (χ0n) is 13.9. The van der Waals surface area contributed by atoms with E-state index in [2.05, 4.69) is 22.0 Å². The minimum Gasteiger partial charge on any atom is -0.335 e. The molecule has 0 unspecified atom stereocenters. The van der Waals surface area contributed by atoms with Gasteiger partial charge in [-0.15, -0.1) is 11.3 Å². The molecule has 0 atom stereocenters. The number of amides is 1. The monoisotopic (exact) mass is 341 g/mol. The molecule has 2 aromatic rings. The Morgan fingerprint density at radius 3 is 2.58 bits per heavy atom. The van der Waals surface area contributed by atoms with Crippen LogP contribution in [-0.2, 0) is 6.42 Å². The summed E-state index contributed by atoms with van der Waals surface area (Å²) in [5, 5.41) is 2.92. The lowest BCUT2D eigenvalue weighted by Gasteiger charge is -2.34. The van der Waals surface area contributed by atoms with E-state index in [0.717, 1.165) is 43.5 Å². The summed E-state index contributed by atoms with van der Waals surface area (Å²) in [6.45, 7) is 4.89. The highest BCUT2D eigenvalue weighted by molar-refractivity contribution is 7.09. The number of benzene rings is 1. The van der Waals surface area contributed by atoms with Crippen molar-refractivity contribution in [1.82, 2.24) is 14.8 Å². The van der Waals surface area contributed by atoms with E-state index < -0.39 is 0 Å². The van der Waals surface area contributed by atoms with Crippen molar-refractivity contribution in [3.63, 3.8) is 0 Å². The molecule has 1 aromatic heterocycles. The van der Waals surface area contributed by atoms with E-state index in [1.54, 1.807) is 11.3 Å². The maximum atomic E-state index is 12.7. The Morgan fingerprint density at radius 1 is 1.12 bits per heavy atom. The van der Waals surface area contributed by atoms with Crippen LogP contribution >= 0.6 is 11.3 Å². The first-order valence-electron chi connectivity index (χ1n) is 8.78. The van der Waals surface area contributed by atoms with E-state index in [0.29, 0.717) is 5.69 Å². The molecule has 24 heavy (non-hydrogen) atoms. The van der Waals surface area contributed by atoms with Gasteiger partial charge in [-0.25, -0.2) is 4.98 Å². The van der Waals surface area contributed by atoms with Gasteiger partial charge in [-0.05, 0) is 24.3 Å². The second-order valence-corrected chi connectivity index (χ2v) is 7.77. The molecule has 2 fully saturated rings. The molecule has 1 aromatic carbocycles. The highest BCUT2D eigenvalue weighted by atomic mass is 32.1. The normalized spacial score (nSPS) is 18.8. The van der Waals surface area contributed by atoms with Gasteiger partial charge in [-0.1, -0.05) is 30.3 Å². The molecule has 2 aliphatic rings. The van der Waals surface area contributed by atoms with Gasteiger partial charge in [0.1, 0.15) is 5.69 Å². The average Bonchev–Trinajstić information content (AvgIpc) is 3.31. The fraction of sp³-hybridized carbons (Fsp3) is 0.474. The van der Waals surface area contributed by atoms with Gasteiger partial charge in [0.05, 0.1) is 5.01 Å². The van der Waals surface area contributed by atoms with Crippen molar-refractivity contribution in [2.45, 2.75) is 19.3 Å². The number of thiazole rings is 1. The Bertz CT molecular complexity index is 688. The predicted octanol–water partition coefficient (Wildman–Crippen LogP) is 2.90. The van der Waals surface area contributed by atoms with Crippen molar-refractivity contribution in [2.75, 3.05) is 32.7 Å². The number of piperazine rings is 1. The molecule has 1 amide bonds. The molecule has 4 rings (SSSR count). The topological polar surface area (TPSA) is 36.4 Å². The van der Waals surface area contributed by atoms with Gasteiger partial charge in [-0.2, -0.15) is 0 Å². The summed E-state index contributed by atoms with van der Waals surface area (Å²) in [5.74, 6) is 1.02. The number of carbonyl (C=O) groups excluding carboxylic acids is 1. The Hall–Kier alpha value is -1.72. The van der Waals surface area contributed by atoms with Gasteiger partial charge >= 0.3 is 0 Å². The largest absolute Gasteiger partial charge is 0.335 e. The van der Waals surface area contributed by atoms with Gasteiger partial charge in [0, 0.05) is 44.5 Å². The molecule has 2 heterocycles. The highest BCUT2D eigenvalue weighted by Gasteiger charge is 2.28. The van der Waals surface area contributed by atoms with Crippen LogP contribution in [0.4, 0.5) is 0 Å². The second-order valence-electron chi connectivity index (χ2n) is 6.83. The van der Waals surface area contributed by atoms with Crippen LogP contribution in [0.15, 0.2) is 35.7 Å². The lowest BCUT2D eigenvalue weighted by Crippen LogP contribution is -2.49. The predicted molar refractivity (Wildman–Crippen MR) is 96.4 cm³/mol. The smallest absolute Gasteiger partial charge is 0.273 e. The molecule has 0 spiro atoms. The quantitative estimate of drug-likeness (QED) is 0.839. The van der Waals surface area contributed by atoms with Gasteiger partial charge in [0.15, 0.2) is 0 Å².